The first kappa shape index (κ1) is 9.84. The smallest absolute Gasteiger partial charge is 0.0604 e. The van der Waals surface area contributed by atoms with Gasteiger partial charge in [0, 0.05) is 16.7 Å². The lowest BCUT2D eigenvalue weighted by Crippen LogP contribution is -2.04. The van der Waals surface area contributed by atoms with Gasteiger partial charge in [0.05, 0.1) is 11.6 Å². The molecule has 2 N–H and O–H groups in total. The molecule has 0 heterocycles. The maximum Gasteiger partial charge on any atom is 0.0604 e. The van der Waals surface area contributed by atoms with Gasteiger partial charge in [-0.15, -0.1) is 0 Å². The van der Waals surface area contributed by atoms with Gasteiger partial charge in [-0.05, 0) is 34.1 Å². The Morgan fingerprint density at radius 2 is 2.25 bits per heavy atom. The van der Waals surface area contributed by atoms with Crippen LogP contribution in [0.2, 0.25) is 5.02 Å². The van der Waals surface area contributed by atoms with Crippen molar-refractivity contribution < 1.29 is 5.11 Å². The lowest BCUT2D eigenvalue weighted by Gasteiger charge is -2.04. The second-order valence-electron chi connectivity index (χ2n) is 2.28. The van der Waals surface area contributed by atoms with E-state index in [4.69, 9.17) is 16.7 Å². The molecule has 1 rings (SSSR count). The van der Waals surface area contributed by atoms with Crippen LogP contribution < -0.4 is 5.32 Å². The van der Waals surface area contributed by atoms with E-state index in [0.29, 0.717) is 11.6 Å². The Morgan fingerprint density at radius 1 is 1.50 bits per heavy atom. The molecule has 0 radical (unpaired) electrons. The summed E-state index contributed by atoms with van der Waals surface area (Å²) in [4.78, 5) is 0. The van der Waals surface area contributed by atoms with Crippen LogP contribution in [-0.4, -0.2) is 18.3 Å². The van der Waals surface area contributed by atoms with Gasteiger partial charge in [0.2, 0.25) is 0 Å². The molecule has 0 bridgehead atoms. The van der Waals surface area contributed by atoms with Crippen LogP contribution in [0.4, 0.5) is 5.69 Å². The average molecular weight is 251 g/mol. The Kier molecular flexibility index (Phi) is 3.85. The van der Waals surface area contributed by atoms with Crippen LogP contribution in [0.15, 0.2) is 22.7 Å². The Morgan fingerprint density at radius 3 is 2.83 bits per heavy atom. The van der Waals surface area contributed by atoms with E-state index in [9.17, 15) is 0 Å². The molecule has 0 aliphatic heterocycles. The highest BCUT2D eigenvalue weighted by atomic mass is 79.9. The van der Waals surface area contributed by atoms with Gasteiger partial charge >= 0.3 is 0 Å². The van der Waals surface area contributed by atoms with Gasteiger partial charge in [-0.3, -0.25) is 0 Å². The molecule has 0 saturated carbocycles. The van der Waals surface area contributed by atoms with Gasteiger partial charge in [-0.2, -0.15) is 0 Å². The maximum atomic E-state index is 8.55. The molecule has 1 aromatic carbocycles. The van der Waals surface area contributed by atoms with Crippen molar-refractivity contribution in [1.29, 1.82) is 0 Å². The number of nitrogens with one attached hydrogen (secondary N) is 1. The fourth-order valence-electron chi connectivity index (χ4n) is 0.806. The molecule has 0 spiro atoms. The zero-order chi connectivity index (χ0) is 8.97. The van der Waals surface area contributed by atoms with Gasteiger partial charge in [-0.1, -0.05) is 11.6 Å². The van der Waals surface area contributed by atoms with Crippen molar-refractivity contribution in [3.63, 3.8) is 0 Å². The minimum absolute atomic E-state index is 0.119. The second kappa shape index (κ2) is 4.70. The zero-order valence-corrected chi connectivity index (χ0v) is 8.69. The topological polar surface area (TPSA) is 32.3 Å². The summed E-state index contributed by atoms with van der Waals surface area (Å²) in [5, 5.41) is 12.2. The van der Waals surface area contributed by atoms with Gasteiger partial charge < -0.3 is 10.4 Å². The number of aliphatic hydroxyl groups excluding tert-OH is 1. The van der Waals surface area contributed by atoms with Crippen LogP contribution in [0.3, 0.4) is 0 Å². The van der Waals surface area contributed by atoms with E-state index in [1.807, 2.05) is 12.1 Å². The summed E-state index contributed by atoms with van der Waals surface area (Å²) >= 11 is 9.13. The Labute approximate surface area is 84.7 Å². The van der Waals surface area contributed by atoms with Crippen molar-refractivity contribution in [2.75, 3.05) is 18.5 Å². The minimum atomic E-state index is 0.119. The SMILES string of the molecule is OCCNc1ccc(Br)c(Cl)c1. The molecule has 0 unspecified atom stereocenters. The van der Waals surface area contributed by atoms with Crippen molar-refractivity contribution in [3.05, 3.63) is 27.7 Å². The minimum Gasteiger partial charge on any atom is -0.395 e. The molecule has 4 heteroatoms. The molecule has 0 saturated heterocycles. The summed E-state index contributed by atoms with van der Waals surface area (Å²) in [5.41, 5.74) is 0.914. The predicted molar refractivity (Wildman–Crippen MR) is 54.7 cm³/mol. The summed E-state index contributed by atoms with van der Waals surface area (Å²) < 4.78 is 0.874. The van der Waals surface area contributed by atoms with Crippen molar-refractivity contribution in [2.24, 2.45) is 0 Å². The highest BCUT2D eigenvalue weighted by molar-refractivity contribution is 9.10. The Bertz CT molecular complexity index is 267. The van der Waals surface area contributed by atoms with Crippen molar-refractivity contribution >= 4 is 33.2 Å². The number of hydrogen-bond donors (Lipinski definition) is 2. The number of anilines is 1. The van der Waals surface area contributed by atoms with Crippen LogP contribution in [-0.2, 0) is 0 Å². The highest BCUT2D eigenvalue weighted by Crippen LogP contribution is 2.25. The first-order chi connectivity index (χ1) is 5.74. The van der Waals surface area contributed by atoms with Crippen molar-refractivity contribution in [2.45, 2.75) is 0 Å². The summed E-state index contributed by atoms with van der Waals surface area (Å²) in [6.07, 6.45) is 0. The largest absolute Gasteiger partial charge is 0.395 e. The molecule has 66 valence electrons. The van der Waals surface area contributed by atoms with Crippen molar-refractivity contribution in [3.8, 4) is 0 Å². The van der Waals surface area contributed by atoms with Gasteiger partial charge in [0.1, 0.15) is 0 Å². The highest BCUT2D eigenvalue weighted by Gasteiger charge is 1.97. The predicted octanol–water partition coefficient (Wildman–Crippen LogP) is 2.51. The standard InChI is InChI=1S/C8H9BrClNO/c9-7-2-1-6(5-8(7)10)11-3-4-12/h1-2,5,11-12H,3-4H2. The van der Waals surface area contributed by atoms with E-state index in [-0.39, 0.29) is 6.61 Å². The maximum absolute atomic E-state index is 8.55. The quantitative estimate of drug-likeness (QED) is 0.864. The Hall–Kier alpha value is -0.250. The summed E-state index contributed by atoms with van der Waals surface area (Å²) in [5.74, 6) is 0. The molecule has 0 aliphatic rings. The molecule has 2 nitrogen and oxygen atoms in total. The van der Waals surface area contributed by atoms with Crippen molar-refractivity contribution in [1.82, 2.24) is 0 Å². The summed E-state index contributed by atoms with van der Waals surface area (Å²) in [6.45, 7) is 0.658. The molecular weight excluding hydrogens is 241 g/mol. The summed E-state index contributed by atoms with van der Waals surface area (Å²) in [7, 11) is 0. The molecule has 1 aromatic rings. The normalized spacial score (nSPS) is 9.92. The average Bonchev–Trinajstić information content (AvgIpc) is 2.07. The van der Waals surface area contributed by atoms with Gasteiger partial charge in [-0.25, -0.2) is 0 Å². The summed E-state index contributed by atoms with van der Waals surface area (Å²) in [6, 6.07) is 5.56. The number of aliphatic hydroxyl groups is 1. The molecule has 0 aliphatic carbocycles. The molecule has 0 atom stereocenters. The van der Waals surface area contributed by atoms with Crippen LogP contribution in [0.1, 0.15) is 0 Å². The number of benzene rings is 1. The van der Waals surface area contributed by atoms with E-state index >= 15 is 0 Å². The molecule has 0 amide bonds. The molecular formula is C8H9BrClNO. The lowest BCUT2D eigenvalue weighted by molar-refractivity contribution is 0.311. The van der Waals surface area contributed by atoms with Crippen LogP contribution in [0, 0.1) is 0 Å². The van der Waals surface area contributed by atoms with E-state index in [2.05, 4.69) is 21.2 Å². The van der Waals surface area contributed by atoms with E-state index < -0.39 is 0 Å². The van der Waals surface area contributed by atoms with Gasteiger partial charge in [0.15, 0.2) is 0 Å². The molecule has 12 heavy (non-hydrogen) atoms. The number of rotatable bonds is 3. The number of hydrogen-bond acceptors (Lipinski definition) is 2. The Balaban J connectivity index is 2.69. The first-order valence-electron chi connectivity index (χ1n) is 3.54. The fourth-order valence-corrected chi connectivity index (χ4v) is 1.23. The molecule has 0 aromatic heterocycles. The third-order valence-corrected chi connectivity index (χ3v) is 2.59. The molecule has 0 fully saturated rings. The van der Waals surface area contributed by atoms with E-state index in [0.717, 1.165) is 10.2 Å². The monoisotopic (exact) mass is 249 g/mol. The second-order valence-corrected chi connectivity index (χ2v) is 3.54. The van der Waals surface area contributed by atoms with E-state index in [1.54, 1.807) is 6.07 Å². The first-order valence-corrected chi connectivity index (χ1v) is 4.71. The lowest BCUT2D eigenvalue weighted by atomic mass is 10.3. The van der Waals surface area contributed by atoms with Gasteiger partial charge in [0.25, 0.3) is 0 Å². The van der Waals surface area contributed by atoms with Crippen LogP contribution in [0.5, 0.6) is 0 Å². The van der Waals surface area contributed by atoms with E-state index in [1.165, 1.54) is 0 Å². The third kappa shape index (κ3) is 2.66. The van der Waals surface area contributed by atoms with Crippen LogP contribution >= 0.6 is 27.5 Å². The fraction of sp³-hybridized carbons (Fsp3) is 0.250. The number of halogens is 2. The third-order valence-electron chi connectivity index (χ3n) is 1.36. The zero-order valence-electron chi connectivity index (χ0n) is 6.35. The van der Waals surface area contributed by atoms with Crippen LogP contribution in [0.25, 0.3) is 0 Å².